The van der Waals surface area contributed by atoms with E-state index in [-0.39, 0.29) is 17.8 Å². The van der Waals surface area contributed by atoms with Crippen LogP contribution in [0.25, 0.3) is 0 Å². The van der Waals surface area contributed by atoms with Crippen LogP contribution in [-0.2, 0) is 9.53 Å². The highest BCUT2D eigenvalue weighted by atomic mass is 32.1. The lowest BCUT2D eigenvalue weighted by Gasteiger charge is -2.32. The maximum absolute atomic E-state index is 12.7. The van der Waals surface area contributed by atoms with E-state index in [0.717, 1.165) is 6.42 Å². The van der Waals surface area contributed by atoms with Crippen molar-refractivity contribution in [1.82, 2.24) is 10.2 Å². The van der Waals surface area contributed by atoms with E-state index in [1.807, 2.05) is 17.9 Å². The number of thiocarbonyl (C=S) groups is 1. The van der Waals surface area contributed by atoms with Crippen molar-refractivity contribution in [3.8, 4) is 5.75 Å². The number of carbonyl (C=O) groups is 2. The number of esters is 1. The molecule has 0 radical (unpaired) electrons. The van der Waals surface area contributed by atoms with Crippen molar-refractivity contribution >= 4 is 29.2 Å². The summed E-state index contributed by atoms with van der Waals surface area (Å²) in [6.07, 6.45) is 2.26. The van der Waals surface area contributed by atoms with Crippen LogP contribution < -0.4 is 10.1 Å². The third kappa shape index (κ3) is 6.48. The molecule has 7 heteroatoms. The van der Waals surface area contributed by atoms with E-state index in [2.05, 4.69) is 19.2 Å². The van der Waals surface area contributed by atoms with Gasteiger partial charge in [-0.3, -0.25) is 14.9 Å². The van der Waals surface area contributed by atoms with Crippen LogP contribution in [0.2, 0.25) is 0 Å². The fourth-order valence-electron chi connectivity index (χ4n) is 3.01. The minimum Gasteiger partial charge on any atom is -0.493 e. The molecule has 0 atom stereocenters. The predicted octanol–water partition coefficient (Wildman–Crippen LogP) is 3.40. The van der Waals surface area contributed by atoms with Gasteiger partial charge in [-0.1, -0.05) is 26.0 Å². The molecule has 1 saturated heterocycles. The van der Waals surface area contributed by atoms with Gasteiger partial charge >= 0.3 is 5.97 Å². The summed E-state index contributed by atoms with van der Waals surface area (Å²) in [4.78, 5) is 26.5. The largest absolute Gasteiger partial charge is 0.493 e. The van der Waals surface area contributed by atoms with Gasteiger partial charge in [0, 0.05) is 13.1 Å². The number of ether oxygens (including phenoxy) is 2. The molecule has 1 heterocycles. The summed E-state index contributed by atoms with van der Waals surface area (Å²) >= 11 is 5.41. The molecule has 0 spiro atoms. The van der Waals surface area contributed by atoms with E-state index >= 15 is 0 Å². The molecular weight excluding hydrogens is 376 g/mol. The normalized spacial score (nSPS) is 14.6. The first kappa shape index (κ1) is 22.1. The maximum atomic E-state index is 12.7. The molecule has 1 amide bonds. The smallest absolute Gasteiger partial charge is 0.309 e. The Labute approximate surface area is 172 Å². The number of hydrogen-bond donors (Lipinski definition) is 1. The number of benzene rings is 1. The number of para-hydroxylation sites is 1. The molecule has 0 unspecified atom stereocenters. The van der Waals surface area contributed by atoms with Crippen molar-refractivity contribution in [2.75, 3.05) is 26.3 Å². The van der Waals surface area contributed by atoms with Crippen LogP contribution in [-0.4, -0.2) is 48.2 Å². The van der Waals surface area contributed by atoms with Crippen molar-refractivity contribution in [3.63, 3.8) is 0 Å². The van der Waals surface area contributed by atoms with E-state index in [0.29, 0.717) is 61.5 Å². The lowest BCUT2D eigenvalue weighted by Crippen LogP contribution is -2.47. The molecular formula is C21H30N2O4S. The minimum atomic E-state index is -0.280. The molecule has 1 aliphatic rings. The second-order valence-corrected chi connectivity index (χ2v) is 7.69. The predicted molar refractivity (Wildman–Crippen MR) is 112 cm³/mol. The minimum absolute atomic E-state index is 0.0928. The highest BCUT2D eigenvalue weighted by molar-refractivity contribution is 7.80. The average molecular weight is 407 g/mol. The van der Waals surface area contributed by atoms with Gasteiger partial charge < -0.3 is 14.4 Å². The van der Waals surface area contributed by atoms with Gasteiger partial charge in [-0.25, -0.2) is 0 Å². The molecule has 2 rings (SSSR count). The number of nitrogens with one attached hydrogen (secondary N) is 1. The third-order valence-corrected chi connectivity index (χ3v) is 5.07. The highest BCUT2D eigenvalue weighted by Crippen LogP contribution is 2.21. The van der Waals surface area contributed by atoms with Gasteiger partial charge in [0.05, 0.1) is 24.7 Å². The Balaban J connectivity index is 1.89. The Morgan fingerprint density at radius 1 is 1.25 bits per heavy atom. The zero-order valence-electron chi connectivity index (χ0n) is 16.9. The molecule has 1 aromatic carbocycles. The molecule has 0 saturated carbocycles. The summed E-state index contributed by atoms with van der Waals surface area (Å²) < 4.78 is 10.9. The summed E-state index contributed by atoms with van der Waals surface area (Å²) in [6, 6.07) is 7.18. The first-order valence-corrected chi connectivity index (χ1v) is 10.3. The fourth-order valence-corrected chi connectivity index (χ4v) is 3.28. The average Bonchev–Trinajstić information content (AvgIpc) is 2.68. The number of amides is 1. The number of likely N-dealkylation sites (tertiary alicyclic amines) is 1. The SMILES string of the molecule is CCOC(=O)C1CCN(C(=S)NC(=O)c2ccccc2OCCC(C)C)CC1. The Bertz CT molecular complexity index is 685. The van der Waals surface area contributed by atoms with E-state index in [9.17, 15) is 9.59 Å². The Kier molecular flexibility index (Phi) is 8.70. The standard InChI is InChI=1S/C21H30N2O4S/c1-4-26-20(25)16-9-12-23(13-10-16)21(28)22-19(24)17-7-5-6-8-18(17)27-14-11-15(2)3/h5-8,15-16H,4,9-14H2,1-3H3,(H,22,24,28). The highest BCUT2D eigenvalue weighted by Gasteiger charge is 2.27. The second kappa shape index (κ2) is 11.0. The molecule has 1 fully saturated rings. The van der Waals surface area contributed by atoms with Crippen LogP contribution in [0.5, 0.6) is 5.75 Å². The summed E-state index contributed by atoms with van der Waals surface area (Å²) in [5.74, 6) is 0.572. The van der Waals surface area contributed by atoms with Crippen molar-refractivity contribution in [2.45, 2.75) is 40.0 Å². The van der Waals surface area contributed by atoms with Gasteiger partial charge in [0.25, 0.3) is 5.91 Å². The van der Waals surface area contributed by atoms with Crippen LogP contribution >= 0.6 is 12.2 Å². The molecule has 154 valence electrons. The van der Waals surface area contributed by atoms with Crippen LogP contribution in [0.4, 0.5) is 0 Å². The molecule has 1 aromatic rings. The number of nitrogens with zero attached hydrogens (tertiary/aromatic N) is 1. The van der Waals surface area contributed by atoms with Crippen LogP contribution in [0, 0.1) is 11.8 Å². The molecule has 28 heavy (non-hydrogen) atoms. The molecule has 1 N–H and O–H groups in total. The number of hydrogen-bond acceptors (Lipinski definition) is 5. The Hall–Kier alpha value is -2.15. The van der Waals surface area contributed by atoms with E-state index < -0.39 is 0 Å². The summed E-state index contributed by atoms with van der Waals surface area (Å²) in [5, 5.41) is 3.18. The Morgan fingerprint density at radius 3 is 2.57 bits per heavy atom. The van der Waals surface area contributed by atoms with Crippen molar-refractivity contribution in [3.05, 3.63) is 29.8 Å². The van der Waals surface area contributed by atoms with E-state index in [4.69, 9.17) is 21.7 Å². The number of carbonyl (C=O) groups excluding carboxylic acids is 2. The molecule has 6 nitrogen and oxygen atoms in total. The maximum Gasteiger partial charge on any atom is 0.309 e. The number of piperidine rings is 1. The zero-order chi connectivity index (χ0) is 20.5. The van der Waals surface area contributed by atoms with Crippen molar-refractivity contribution in [1.29, 1.82) is 0 Å². The van der Waals surface area contributed by atoms with Crippen molar-refractivity contribution in [2.24, 2.45) is 11.8 Å². The second-order valence-electron chi connectivity index (χ2n) is 7.30. The lowest BCUT2D eigenvalue weighted by atomic mass is 9.97. The van der Waals surface area contributed by atoms with E-state index in [1.54, 1.807) is 18.2 Å². The molecule has 0 bridgehead atoms. The fraction of sp³-hybridized carbons (Fsp3) is 0.571. The van der Waals surface area contributed by atoms with Crippen LogP contribution in [0.3, 0.4) is 0 Å². The topological polar surface area (TPSA) is 67.9 Å². The quantitative estimate of drug-likeness (QED) is 0.553. The van der Waals surface area contributed by atoms with Gasteiger partial charge in [0.1, 0.15) is 5.75 Å². The number of rotatable bonds is 7. The van der Waals surface area contributed by atoms with Crippen molar-refractivity contribution < 1.29 is 19.1 Å². The Morgan fingerprint density at radius 2 is 1.93 bits per heavy atom. The monoisotopic (exact) mass is 406 g/mol. The third-order valence-electron chi connectivity index (χ3n) is 4.71. The molecule has 0 aromatic heterocycles. The van der Waals surface area contributed by atoms with Crippen LogP contribution in [0.1, 0.15) is 50.4 Å². The van der Waals surface area contributed by atoms with Gasteiger partial charge in [-0.2, -0.15) is 0 Å². The lowest BCUT2D eigenvalue weighted by molar-refractivity contribution is -0.149. The summed E-state index contributed by atoms with van der Waals surface area (Å²) in [5.41, 5.74) is 0.468. The van der Waals surface area contributed by atoms with Gasteiger partial charge in [-0.05, 0) is 56.5 Å². The van der Waals surface area contributed by atoms with Gasteiger partial charge in [-0.15, -0.1) is 0 Å². The first-order valence-electron chi connectivity index (χ1n) is 9.91. The molecule has 0 aliphatic carbocycles. The van der Waals surface area contributed by atoms with E-state index in [1.165, 1.54) is 0 Å². The molecule has 1 aliphatic heterocycles. The summed E-state index contributed by atoms with van der Waals surface area (Å²) in [7, 11) is 0. The first-order chi connectivity index (χ1) is 13.4. The van der Waals surface area contributed by atoms with Crippen LogP contribution in [0.15, 0.2) is 24.3 Å². The summed E-state index contributed by atoms with van der Waals surface area (Å²) in [6.45, 7) is 8.27. The zero-order valence-corrected chi connectivity index (χ0v) is 17.7. The van der Waals surface area contributed by atoms with Gasteiger partial charge in [0.15, 0.2) is 5.11 Å². The van der Waals surface area contributed by atoms with Gasteiger partial charge in [0.2, 0.25) is 0 Å².